The normalized spacial score (nSPS) is 22.9. The highest BCUT2D eigenvalue weighted by Crippen LogP contribution is 2.44. The first-order chi connectivity index (χ1) is 14.9. The van der Waals surface area contributed by atoms with E-state index in [1.807, 2.05) is 6.92 Å². The van der Waals surface area contributed by atoms with Gasteiger partial charge in [0, 0.05) is 18.7 Å². The van der Waals surface area contributed by atoms with Crippen LogP contribution in [0.3, 0.4) is 0 Å². The lowest BCUT2D eigenvalue weighted by Crippen LogP contribution is -2.20. The molecule has 0 spiro atoms. The third-order valence-electron chi connectivity index (χ3n) is 6.33. The standard InChI is InChI=1S/C21H27N5O4S/c1-12-10-26-20(30-12)17(9-23-26)31(22,28)25-21(27)24-19-16-5-3-4-13(16)8-14-6-7-15(11-29-2)18(14)19/h8-9,12,15H,3-7,10-11H2,1-2H3,(H3,22,24,25,27,28)/t12?,15-,31?/m1/s1. The van der Waals surface area contributed by atoms with Gasteiger partial charge in [-0.2, -0.15) is 5.10 Å². The number of aromatic nitrogens is 2. The highest BCUT2D eigenvalue weighted by atomic mass is 32.2. The minimum atomic E-state index is -3.51. The quantitative estimate of drug-likeness (QED) is 0.750. The first kappa shape index (κ1) is 20.5. The van der Waals surface area contributed by atoms with Crippen LogP contribution in [-0.2, 0) is 40.5 Å². The second-order valence-electron chi connectivity index (χ2n) is 8.52. The van der Waals surface area contributed by atoms with E-state index < -0.39 is 15.9 Å². The minimum Gasteiger partial charge on any atom is -0.472 e. The molecule has 2 unspecified atom stereocenters. The predicted octanol–water partition coefficient (Wildman–Crippen LogP) is 2.76. The Hall–Kier alpha value is -2.43. The molecule has 5 rings (SSSR count). The third kappa shape index (κ3) is 3.52. The zero-order valence-electron chi connectivity index (χ0n) is 17.7. The fourth-order valence-electron chi connectivity index (χ4n) is 5.06. The van der Waals surface area contributed by atoms with Crippen molar-refractivity contribution < 1.29 is 18.5 Å². The molecule has 2 aromatic rings. The number of nitrogens with one attached hydrogen (secondary N) is 1. The molecule has 1 aromatic carbocycles. The number of nitrogens with two attached hydrogens (primary N) is 1. The molecule has 3 atom stereocenters. The van der Waals surface area contributed by atoms with Crippen molar-refractivity contribution in [3.63, 3.8) is 0 Å². The van der Waals surface area contributed by atoms with Crippen LogP contribution in [0.4, 0.5) is 10.5 Å². The van der Waals surface area contributed by atoms with Crippen molar-refractivity contribution in [2.24, 2.45) is 9.50 Å². The summed E-state index contributed by atoms with van der Waals surface area (Å²) in [6.45, 7) is 3.02. The van der Waals surface area contributed by atoms with Crippen LogP contribution in [0.1, 0.15) is 47.9 Å². The van der Waals surface area contributed by atoms with Crippen molar-refractivity contribution >= 4 is 21.6 Å². The highest BCUT2D eigenvalue weighted by molar-refractivity contribution is 7.91. The Labute approximate surface area is 181 Å². The number of amides is 2. The monoisotopic (exact) mass is 445 g/mol. The fourth-order valence-corrected chi connectivity index (χ4v) is 6.05. The molecular formula is C21H27N5O4S. The Morgan fingerprint density at radius 3 is 3.06 bits per heavy atom. The van der Waals surface area contributed by atoms with Crippen LogP contribution in [0.25, 0.3) is 0 Å². The molecule has 3 N–H and O–H groups in total. The number of ether oxygens (including phenoxy) is 2. The maximum absolute atomic E-state index is 13.1. The molecule has 2 amide bonds. The van der Waals surface area contributed by atoms with Gasteiger partial charge in [-0.3, -0.25) is 0 Å². The number of urea groups is 1. The van der Waals surface area contributed by atoms with Gasteiger partial charge in [0.05, 0.1) is 19.3 Å². The van der Waals surface area contributed by atoms with Gasteiger partial charge in [-0.05, 0) is 61.3 Å². The number of nitrogens with zero attached hydrogens (tertiary/aromatic N) is 3. The summed E-state index contributed by atoms with van der Waals surface area (Å²) in [6.07, 6.45) is 6.17. The zero-order valence-corrected chi connectivity index (χ0v) is 18.5. The molecule has 9 nitrogen and oxygen atoms in total. The smallest absolute Gasteiger partial charge is 0.354 e. The summed E-state index contributed by atoms with van der Waals surface area (Å²) in [5.41, 5.74) is 5.61. The van der Waals surface area contributed by atoms with E-state index in [-0.39, 0.29) is 16.9 Å². The van der Waals surface area contributed by atoms with Crippen LogP contribution in [0, 0.1) is 0 Å². The van der Waals surface area contributed by atoms with Crippen molar-refractivity contribution in [3.8, 4) is 5.88 Å². The van der Waals surface area contributed by atoms with Gasteiger partial charge in [-0.25, -0.2) is 18.8 Å². The summed E-state index contributed by atoms with van der Waals surface area (Å²) < 4.78 is 29.7. The molecule has 2 heterocycles. The average molecular weight is 446 g/mol. The second-order valence-corrected chi connectivity index (χ2v) is 10.3. The molecule has 1 aromatic heterocycles. The van der Waals surface area contributed by atoms with Crippen molar-refractivity contribution in [2.75, 3.05) is 19.0 Å². The Morgan fingerprint density at radius 2 is 2.26 bits per heavy atom. The molecule has 166 valence electrons. The van der Waals surface area contributed by atoms with Crippen LogP contribution in [0.15, 0.2) is 21.5 Å². The first-order valence-corrected chi connectivity index (χ1v) is 12.2. The van der Waals surface area contributed by atoms with E-state index in [1.54, 1.807) is 11.8 Å². The largest absolute Gasteiger partial charge is 0.472 e. The number of hydrogen-bond acceptors (Lipinski definition) is 5. The van der Waals surface area contributed by atoms with Gasteiger partial charge in [-0.1, -0.05) is 6.07 Å². The summed E-state index contributed by atoms with van der Waals surface area (Å²) in [6, 6.07) is 1.56. The van der Waals surface area contributed by atoms with Gasteiger partial charge in [-0.15, -0.1) is 4.36 Å². The average Bonchev–Trinajstić information content (AvgIpc) is 3.45. The molecule has 3 aliphatic rings. The van der Waals surface area contributed by atoms with Gasteiger partial charge in [0.15, 0.2) is 9.92 Å². The lowest BCUT2D eigenvalue weighted by atomic mass is 9.94. The number of anilines is 1. The molecule has 0 bridgehead atoms. The number of carbonyl (C=O) groups is 1. The van der Waals surface area contributed by atoms with Gasteiger partial charge < -0.3 is 14.8 Å². The van der Waals surface area contributed by atoms with Gasteiger partial charge in [0.25, 0.3) is 0 Å². The highest BCUT2D eigenvalue weighted by Gasteiger charge is 2.32. The number of methoxy groups -OCH3 is 1. The summed E-state index contributed by atoms with van der Waals surface area (Å²) in [4.78, 5) is 13.1. The summed E-state index contributed by atoms with van der Waals surface area (Å²) >= 11 is 0. The van der Waals surface area contributed by atoms with E-state index in [9.17, 15) is 9.00 Å². The Balaban J connectivity index is 1.50. The minimum absolute atomic E-state index is 0.0984. The number of hydrogen-bond donors (Lipinski definition) is 2. The number of benzene rings is 1. The van der Waals surface area contributed by atoms with Crippen molar-refractivity contribution in [1.29, 1.82) is 0 Å². The maximum atomic E-state index is 13.1. The number of carbonyl (C=O) groups excluding carboxylic acids is 1. The fraction of sp³-hybridized carbons (Fsp3) is 0.524. The van der Waals surface area contributed by atoms with Crippen LogP contribution >= 0.6 is 0 Å². The molecule has 2 aliphatic carbocycles. The number of fused-ring (bicyclic) bond motifs is 3. The van der Waals surface area contributed by atoms with Crippen LogP contribution in [-0.4, -0.2) is 39.8 Å². The van der Waals surface area contributed by atoms with Gasteiger partial charge in [0.1, 0.15) is 11.0 Å². The van der Waals surface area contributed by atoms with Crippen molar-refractivity contribution in [2.45, 2.75) is 62.5 Å². The van der Waals surface area contributed by atoms with Crippen molar-refractivity contribution in [3.05, 3.63) is 34.5 Å². The number of aryl methyl sites for hydroxylation is 2. The Bertz CT molecular complexity index is 1180. The third-order valence-corrected chi connectivity index (χ3v) is 7.68. The molecule has 0 saturated heterocycles. The lowest BCUT2D eigenvalue weighted by molar-refractivity contribution is 0.179. The van der Waals surface area contributed by atoms with Crippen molar-refractivity contribution in [1.82, 2.24) is 9.78 Å². The Kier molecular flexibility index (Phi) is 5.03. The van der Waals surface area contributed by atoms with Crippen LogP contribution in [0.5, 0.6) is 5.88 Å². The summed E-state index contributed by atoms with van der Waals surface area (Å²) in [5.74, 6) is 0.537. The van der Waals surface area contributed by atoms with E-state index in [4.69, 9.17) is 14.6 Å². The molecule has 31 heavy (non-hydrogen) atoms. The molecule has 0 saturated carbocycles. The Morgan fingerprint density at radius 1 is 1.42 bits per heavy atom. The first-order valence-electron chi connectivity index (χ1n) is 10.6. The van der Waals surface area contributed by atoms with Gasteiger partial charge >= 0.3 is 6.03 Å². The van der Waals surface area contributed by atoms with E-state index in [2.05, 4.69) is 20.8 Å². The predicted molar refractivity (Wildman–Crippen MR) is 116 cm³/mol. The molecule has 0 radical (unpaired) electrons. The van der Waals surface area contributed by atoms with Crippen LogP contribution in [0.2, 0.25) is 0 Å². The summed E-state index contributed by atoms with van der Waals surface area (Å²) in [5, 5.41) is 13.1. The summed E-state index contributed by atoms with van der Waals surface area (Å²) in [7, 11) is -1.82. The van der Waals surface area contributed by atoms with Crippen LogP contribution < -0.4 is 15.2 Å². The molecule has 1 aliphatic heterocycles. The topological polar surface area (TPSA) is 121 Å². The SMILES string of the molecule is COC[C@H]1CCc2cc3c(c(NC(=O)N=S(N)(=O)c4cnn5c4OC(C)C5)c21)CCC3. The van der Waals surface area contributed by atoms with Gasteiger partial charge in [0.2, 0.25) is 5.88 Å². The lowest BCUT2D eigenvalue weighted by Gasteiger charge is -2.19. The maximum Gasteiger partial charge on any atom is 0.354 e. The van der Waals surface area contributed by atoms with E-state index in [0.717, 1.165) is 48.9 Å². The molecule has 10 heteroatoms. The van der Waals surface area contributed by atoms with E-state index in [0.29, 0.717) is 19.0 Å². The van der Waals surface area contributed by atoms with E-state index >= 15 is 0 Å². The molecule has 0 fully saturated rings. The second kappa shape index (κ2) is 7.61. The molecular weight excluding hydrogens is 418 g/mol. The van der Waals surface area contributed by atoms with E-state index in [1.165, 1.54) is 17.3 Å². The zero-order chi connectivity index (χ0) is 21.8. The number of rotatable bonds is 4.